The van der Waals surface area contributed by atoms with Gasteiger partial charge in [-0.15, -0.1) is 6.42 Å². The molecule has 0 radical (unpaired) electrons. The van der Waals surface area contributed by atoms with Crippen molar-refractivity contribution >= 4 is 5.91 Å². The summed E-state index contributed by atoms with van der Waals surface area (Å²) in [7, 11) is 0. The number of nitrogens with one attached hydrogen (secondary N) is 2. The van der Waals surface area contributed by atoms with Crippen LogP contribution >= 0.6 is 0 Å². The van der Waals surface area contributed by atoms with E-state index >= 15 is 0 Å². The molecule has 1 fully saturated rings. The first kappa shape index (κ1) is 14.1. The molecule has 0 aromatic heterocycles. The molecule has 1 aliphatic rings. The van der Waals surface area contributed by atoms with Crippen LogP contribution in [0, 0.1) is 17.8 Å². The second kappa shape index (κ2) is 6.07. The van der Waals surface area contributed by atoms with Crippen LogP contribution in [0.1, 0.15) is 46.5 Å². The minimum Gasteiger partial charge on any atom is -0.344 e. The van der Waals surface area contributed by atoms with Crippen molar-refractivity contribution in [3.63, 3.8) is 0 Å². The van der Waals surface area contributed by atoms with Crippen LogP contribution < -0.4 is 10.6 Å². The topological polar surface area (TPSA) is 41.1 Å². The summed E-state index contributed by atoms with van der Waals surface area (Å²) in [6.07, 6.45) is 9.93. The van der Waals surface area contributed by atoms with E-state index in [0.29, 0.717) is 18.0 Å². The van der Waals surface area contributed by atoms with Gasteiger partial charge in [0.2, 0.25) is 5.91 Å². The quantitative estimate of drug-likeness (QED) is 0.729. The van der Waals surface area contributed by atoms with Crippen molar-refractivity contribution in [3.05, 3.63) is 0 Å². The van der Waals surface area contributed by atoms with Gasteiger partial charge < -0.3 is 10.6 Å². The van der Waals surface area contributed by atoms with Crippen LogP contribution in [0.2, 0.25) is 0 Å². The van der Waals surface area contributed by atoms with Crippen LogP contribution in [0.4, 0.5) is 0 Å². The molecular weight excluding hydrogens is 212 g/mol. The van der Waals surface area contributed by atoms with Crippen molar-refractivity contribution in [2.45, 2.75) is 58.5 Å². The van der Waals surface area contributed by atoms with E-state index in [-0.39, 0.29) is 11.9 Å². The maximum atomic E-state index is 11.7. The molecule has 0 aromatic carbocycles. The number of carbonyl (C=O) groups is 1. The normalized spacial score (nSPS) is 24.7. The summed E-state index contributed by atoms with van der Waals surface area (Å²) in [6.45, 7) is 6.79. The van der Waals surface area contributed by atoms with Gasteiger partial charge in [0.1, 0.15) is 0 Å². The molecule has 2 N–H and O–H groups in total. The Labute approximate surface area is 105 Å². The lowest BCUT2D eigenvalue weighted by molar-refractivity contribution is -0.122. The maximum absolute atomic E-state index is 11.7. The molecule has 96 valence electrons. The van der Waals surface area contributed by atoms with Gasteiger partial charge in [-0.3, -0.25) is 4.79 Å². The van der Waals surface area contributed by atoms with Crippen LogP contribution in [0.3, 0.4) is 0 Å². The van der Waals surface area contributed by atoms with Gasteiger partial charge in [-0.1, -0.05) is 26.2 Å². The lowest BCUT2D eigenvalue weighted by Gasteiger charge is -2.36. The Hall–Kier alpha value is -1.01. The third-order valence-corrected chi connectivity index (χ3v) is 3.45. The van der Waals surface area contributed by atoms with Crippen molar-refractivity contribution in [2.75, 3.05) is 6.54 Å². The number of hydrogen-bond acceptors (Lipinski definition) is 2. The van der Waals surface area contributed by atoms with Gasteiger partial charge in [-0.2, -0.15) is 0 Å². The molecule has 0 heterocycles. The van der Waals surface area contributed by atoms with Crippen molar-refractivity contribution in [1.82, 2.24) is 10.6 Å². The average Bonchev–Trinajstić information content (AvgIpc) is 2.24. The Morgan fingerprint density at radius 1 is 1.59 bits per heavy atom. The molecule has 0 spiro atoms. The summed E-state index contributed by atoms with van der Waals surface area (Å²) < 4.78 is 0. The smallest absolute Gasteiger partial charge is 0.237 e. The van der Waals surface area contributed by atoms with E-state index < -0.39 is 0 Å². The fourth-order valence-corrected chi connectivity index (χ4v) is 2.56. The van der Waals surface area contributed by atoms with Crippen LogP contribution in [-0.2, 0) is 4.79 Å². The second-order valence-corrected chi connectivity index (χ2v) is 5.77. The third-order valence-electron chi connectivity index (χ3n) is 3.45. The molecule has 0 bridgehead atoms. The van der Waals surface area contributed by atoms with Gasteiger partial charge >= 0.3 is 0 Å². The molecule has 3 nitrogen and oxygen atoms in total. The Balaban J connectivity index is 2.38. The number of rotatable bonds is 4. The molecule has 1 saturated carbocycles. The number of carbonyl (C=O) groups excluding carboxylic acids is 1. The summed E-state index contributed by atoms with van der Waals surface area (Å²) in [4.78, 5) is 11.7. The fourth-order valence-electron chi connectivity index (χ4n) is 2.56. The van der Waals surface area contributed by atoms with Gasteiger partial charge in [0, 0.05) is 6.04 Å². The Kier molecular flexibility index (Phi) is 5.02. The first-order chi connectivity index (χ1) is 7.94. The molecule has 3 heteroatoms. The summed E-state index contributed by atoms with van der Waals surface area (Å²) in [5, 5.41) is 6.11. The zero-order valence-electron chi connectivity index (χ0n) is 11.2. The SMILES string of the molecule is C#CCNC(=O)C(C)NC1CCCC(C)(C)C1. The monoisotopic (exact) mass is 236 g/mol. The zero-order valence-corrected chi connectivity index (χ0v) is 11.2. The molecule has 0 aliphatic heterocycles. The lowest BCUT2D eigenvalue weighted by atomic mass is 9.75. The fraction of sp³-hybridized carbons (Fsp3) is 0.786. The van der Waals surface area contributed by atoms with E-state index in [1.807, 2.05) is 6.92 Å². The average molecular weight is 236 g/mol. The molecule has 1 aliphatic carbocycles. The molecular formula is C14H24N2O. The zero-order chi connectivity index (χ0) is 12.9. The summed E-state index contributed by atoms with van der Waals surface area (Å²) in [5.74, 6) is 2.40. The second-order valence-electron chi connectivity index (χ2n) is 5.77. The van der Waals surface area contributed by atoms with Crippen LogP contribution in [0.25, 0.3) is 0 Å². The summed E-state index contributed by atoms with van der Waals surface area (Å²) >= 11 is 0. The van der Waals surface area contributed by atoms with Crippen molar-refractivity contribution in [1.29, 1.82) is 0 Å². The van der Waals surface area contributed by atoms with E-state index in [2.05, 4.69) is 30.4 Å². The van der Waals surface area contributed by atoms with E-state index in [0.717, 1.165) is 12.8 Å². The molecule has 0 aromatic rings. The van der Waals surface area contributed by atoms with Gasteiger partial charge in [0.05, 0.1) is 12.6 Å². The van der Waals surface area contributed by atoms with E-state index in [4.69, 9.17) is 6.42 Å². The standard InChI is InChI=1S/C14H24N2O/c1-5-9-15-13(17)11(2)16-12-7-6-8-14(3,4)10-12/h1,11-12,16H,6-10H2,2-4H3,(H,15,17). The van der Waals surface area contributed by atoms with Gasteiger partial charge in [-0.05, 0) is 31.6 Å². The third kappa shape index (κ3) is 4.79. The van der Waals surface area contributed by atoms with Gasteiger partial charge in [-0.25, -0.2) is 0 Å². The van der Waals surface area contributed by atoms with Crippen molar-refractivity contribution in [3.8, 4) is 12.3 Å². The van der Waals surface area contributed by atoms with Crippen molar-refractivity contribution in [2.24, 2.45) is 5.41 Å². The highest BCUT2D eigenvalue weighted by Gasteiger charge is 2.29. The molecule has 1 amide bonds. The molecule has 2 unspecified atom stereocenters. The highest BCUT2D eigenvalue weighted by atomic mass is 16.2. The highest BCUT2D eigenvalue weighted by Crippen LogP contribution is 2.35. The predicted octanol–water partition coefficient (Wildman–Crippen LogP) is 1.68. The minimum absolute atomic E-state index is 0.00803. The summed E-state index contributed by atoms with van der Waals surface area (Å²) in [5.41, 5.74) is 0.394. The minimum atomic E-state index is -0.165. The van der Waals surface area contributed by atoms with E-state index in [1.165, 1.54) is 12.8 Å². The first-order valence-electron chi connectivity index (χ1n) is 6.42. The molecule has 1 rings (SSSR count). The lowest BCUT2D eigenvalue weighted by Crippen LogP contribution is -2.48. The highest BCUT2D eigenvalue weighted by molar-refractivity contribution is 5.81. The number of hydrogen-bond donors (Lipinski definition) is 2. The Bertz CT molecular complexity index is 304. The summed E-state index contributed by atoms with van der Waals surface area (Å²) in [6, 6.07) is 0.285. The first-order valence-corrected chi connectivity index (χ1v) is 6.42. The molecule has 0 saturated heterocycles. The van der Waals surface area contributed by atoms with Gasteiger partial charge in [0.25, 0.3) is 0 Å². The Morgan fingerprint density at radius 3 is 2.88 bits per heavy atom. The van der Waals surface area contributed by atoms with E-state index in [9.17, 15) is 4.79 Å². The number of terminal acetylenes is 1. The number of amides is 1. The maximum Gasteiger partial charge on any atom is 0.237 e. The van der Waals surface area contributed by atoms with Crippen LogP contribution in [-0.4, -0.2) is 24.5 Å². The molecule has 17 heavy (non-hydrogen) atoms. The van der Waals surface area contributed by atoms with Crippen LogP contribution in [0.5, 0.6) is 0 Å². The van der Waals surface area contributed by atoms with E-state index in [1.54, 1.807) is 0 Å². The molecule has 2 atom stereocenters. The van der Waals surface area contributed by atoms with Crippen molar-refractivity contribution < 1.29 is 4.79 Å². The van der Waals surface area contributed by atoms with Gasteiger partial charge in [0.15, 0.2) is 0 Å². The predicted molar refractivity (Wildman–Crippen MR) is 70.5 cm³/mol. The largest absolute Gasteiger partial charge is 0.344 e. The van der Waals surface area contributed by atoms with Crippen LogP contribution in [0.15, 0.2) is 0 Å². The Morgan fingerprint density at radius 2 is 2.29 bits per heavy atom.